The van der Waals surface area contributed by atoms with E-state index in [1.54, 1.807) is 24.3 Å². The monoisotopic (exact) mass is 529 g/mol. The summed E-state index contributed by atoms with van der Waals surface area (Å²) in [6.45, 7) is 14.5. The summed E-state index contributed by atoms with van der Waals surface area (Å²) in [5.74, 6) is 1.12. The normalized spacial score (nSPS) is 15.5. The van der Waals surface area contributed by atoms with Crippen LogP contribution in [0.25, 0.3) is 0 Å². The van der Waals surface area contributed by atoms with Crippen molar-refractivity contribution in [2.75, 3.05) is 18.4 Å². The number of halogens is 3. The molecular weight excluding hydrogens is 492 g/mol. The largest absolute Gasteiger partial charge is 0.323 e. The van der Waals surface area contributed by atoms with Crippen molar-refractivity contribution in [2.45, 2.75) is 78.8 Å². The minimum atomic E-state index is -0.342. The highest BCUT2D eigenvalue weighted by Crippen LogP contribution is 2.30. The number of pyridine rings is 1. The van der Waals surface area contributed by atoms with Crippen LogP contribution in [-0.4, -0.2) is 32.8 Å². The van der Waals surface area contributed by atoms with Gasteiger partial charge in [-0.25, -0.2) is 13.8 Å². The minimum absolute atomic E-state index is 0.0330. The van der Waals surface area contributed by atoms with Crippen LogP contribution in [0.5, 0.6) is 0 Å². The fraction of sp³-hybridized carbons (Fsp3) is 0.517. The minimum Gasteiger partial charge on any atom is -0.323 e. The molecular formula is C29H38ClF2N5. The summed E-state index contributed by atoms with van der Waals surface area (Å²) in [4.78, 5) is 6.94. The second-order valence-electron chi connectivity index (χ2n) is 11.5. The van der Waals surface area contributed by atoms with Crippen LogP contribution in [0.1, 0.15) is 75.9 Å². The second kappa shape index (κ2) is 11.1. The van der Waals surface area contributed by atoms with Crippen molar-refractivity contribution in [3.05, 3.63) is 69.5 Å². The zero-order valence-corrected chi connectivity index (χ0v) is 23.5. The van der Waals surface area contributed by atoms with E-state index in [2.05, 4.69) is 31.0 Å². The van der Waals surface area contributed by atoms with Gasteiger partial charge in [-0.3, -0.25) is 9.58 Å². The van der Waals surface area contributed by atoms with E-state index in [4.69, 9.17) is 21.7 Å². The highest BCUT2D eigenvalue weighted by atomic mass is 35.5. The number of benzene rings is 1. The molecule has 1 saturated heterocycles. The number of nitrogens with one attached hydrogen (secondary N) is 1. The van der Waals surface area contributed by atoms with Crippen molar-refractivity contribution in [2.24, 2.45) is 5.92 Å². The van der Waals surface area contributed by atoms with Gasteiger partial charge in [-0.15, -0.1) is 0 Å². The molecule has 1 N–H and O–H groups in total. The number of aromatic nitrogens is 3. The number of piperidine rings is 1. The molecule has 3 heterocycles. The van der Waals surface area contributed by atoms with Crippen molar-refractivity contribution in [3.63, 3.8) is 0 Å². The Morgan fingerprint density at radius 2 is 1.78 bits per heavy atom. The number of nitrogens with zero attached hydrogens (tertiary/aromatic N) is 4. The van der Waals surface area contributed by atoms with Gasteiger partial charge in [-0.2, -0.15) is 5.10 Å². The van der Waals surface area contributed by atoms with E-state index in [0.717, 1.165) is 31.6 Å². The highest BCUT2D eigenvalue weighted by Gasteiger charge is 2.25. The first-order chi connectivity index (χ1) is 17.4. The van der Waals surface area contributed by atoms with Gasteiger partial charge in [0.1, 0.15) is 17.5 Å². The molecule has 0 unspecified atom stereocenters. The zero-order valence-electron chi connectivity index (χ0n) is 22.7. The summed E-state index contributed by atoms with van der Waals surface area (Å²) < 4.78 is 31.8. The average molecular weight is 530 g/mol. The molecule has 0 amide bonds. The molecule has 8 heteroatoms. The summed E-state index contributed by atoms with van der Waals surface area (Å²) in [5, 5.41) is 8.18. The Morgan fingerprint density at radius 1 is 1.08 bits per heavy atom. The predicted molar refractivity (Wildman–Crippen MR) is 147 cm³/mol. The lowest BCUT2D eigenvalue weighted by atomic mass is 9.90. The van der Waals surface area contributed by atoms with Crippen LogP contribution in [0, 0.1) is 24.5 Å². The highest BCUT2D eigenvalue weighted by molar-refractivity contribution is 6.30. The van der Waals surface area contributed by atoms with Crippen LogP contribution < -0.4 is 5.32 Å². The Labute approximate surface area is 224 Å². The van der Waals surface area contributed by atoms with E-state index >= 15 is 4.39 Å². The van der Waals surface area contributed by atoms with Crippen molar-refractivity contribution >= 4 is 23.2 Å². The van der Waals surface area contributed by atoms with Gasteiger partial charge >= 0.3 is 0 Å². The van der Waals surface area contributed by atoms with Gasteiger partial charge in [0.2, 0.25) is 0 Å². The summed E-state index contributed by atoms with van der Waals surface area (Å²) >= 11 is 5.94. The molecule has 1 fully saturated rings. The van der Waals surface area contributed by atoms with Gasteiger partial charge < -0.3 is 5.32 Å². The Morgan fingerprint density at radius 3 is 2.41 bits per heavy atom. The van der Waals surface area contributed by atoms with Crippen LogP contribution in [-0.2, 0) is 18.5 Å². The molecule has 1 aromatic carbocycles. The molecule has 0 radical (unpaired) electrons. The number of hydrogen-bond donors (Lipinski definition) is 1. The lowest BCUT2D eigenvalue weighted by Crippen LogP contribution is -2.34. The lowest BCUT2D eigenvalue weighted by molar-refractivity contribution is 0.174. The van der Waals surface area contributed by atoms with Gasteiger partial charge in [0.25, 0.3) is 0 Å². The average Bonchev–Trinajstić information content (AvgIpc) is 3.20. The van der Waals surface area contributed by atoms with E-state index < -0.39 is 0 Å². The van der Waals surface area contributed by atoms with Crippen LogP contribution in [0.2, 0.25) is 5.02 Å². The van der Waals surface area contributed by atoms with E-state index in [-0.39, 0.29) is 28.1 Å². The van der Waals surface area contributed by atoms with Crippen molar-refractivity contribution < 1.29 is 8.78 Å². The number of rotatable bonds is 7. The van der Waals surface area contributed by atoms with Crippen LogP contribution in [0.3, 0.4) is 0 Å². The molecule has 0 saturated carbocycles. The Balaban J connectivity index is 1.47. The molecule has 3 aromatic rings. The summed E-state index contributed by atoms with van der Waals surface area (Å²) in [6.07, 6.45) is 2.40. The van der Waals surface area contributed by atoms with Crippen LogP contribution in [0.4, 0.5) is 20.4 Å². The standard InChI is InChI=1S/C29H38ClF2N5/c1-18(2)22-16-25(34-26-14-19(3)37(35-26)29(4,5)6)33-24(28(22)32)15-20-10-12-36(13-11-20)17-21-8-7-9-23(30)27(21)31/h7-9,14,16,18,20H,10-13,15,17H2,1-6H3,(H,33,34,35). The third kappa shape index (κ3) is 6.50. The van der Waals surface area contributed by atoms with Crippen molar-refractivity contribution in [3.8, 4) is 0 Å². The first kappa shape index (κ1) is 27.5. The maximum atomic E-state index is 15.5. The van der Waals surface area contributed by atoms with Gasteiger partial charge in [-0.05, 0) is 89.6 Å². The second-order valence-corrected chi connectivity index (χ2v) is 11.9. The third-order valence-corrected chi connectivity index (χ3v) is 7.36. The molecule has 1 aliphatic rings. The number of aryl methyl sites for hydroxylation is 1. The fourth-order valence-corrected chi connectivity index (χ4v) is 5.30. The Hall–Kier alpha value is -2.51. The van der Waals surface area contributed by atoms with E-state index in [1.165, 1.54) is 0 Å². The lowest BCUT2D eigenvalue weighted by Gasteiger charge is -2.32. The van der Waals surface area contributed by atoms with Crippen molar-refractivity contribution in [1.82, 2.24) is 19.7 Å². The van der Waals surface area contributed by atoms with Crippen LogP contribution in [0.15, 0.2) is 30.3 Å². The molecule has 5 nitrogen and oxygen atoms in total. The quantitative estimate of drug-likeness (QED) is 0.342. The summed E-state index contributed by atoms with van der Waals surface area (Å²) in [7, 11) is 0. The Bertz CT molecular complexity index is 1240. The third-order valence-electron chi connectivity index (χ3n) is 7.07. The molecule has 2 aromatic heterocycles. The van der Waals surface area contributed by atoms with Gasteiger partial charge in [0, 0.05) is 23.9 Å². The zero-order chi connectivity index (χ0) is 26.9. The fourth-order valence-electron chi connectivity index (χ4n) is 5.10. The van der Waals surface area contributed by atoms with Crippen LogP contribution >= 0.6 is 11.6 Å². The predicted octanol–water partition coefficient (Wildman–Crippen LogP) is 7.59. The Kier molecular flexibility index (Phi) is 8.24. The van der Waals surface area contributed by atoms with E-state index in [9.17, 15) is 4.39 Å². The maximum absolute atomic E-state index is 15.5. The topological polar surface area (TPSA) is 46.0 Å². The molecule has 0 bridgehead atoms. The summed E-state index contributed by atoms with van der Waals surface area (Å²) in [6, 6.07) is 8.93. The number of hydrogen-bond acceptors (Lipinski definition) is 4. The first-order valence-corrected chi connectivity index (χ1v) is 13.5. The number of anilines is 2. The molecule has 0 atom stereocenters. The van der Waals surface area contributed by atoms with Gasteiger partial charge in [0.05, 0.1) is 16.3 Å². The summed E-state index contributed by atoms with van der Waals surface area (Å²) in [5.41, 5.74) is 2.68. The molecule has 0 aliphatic carbocycles. The van der Waals surface area contributed by atoms with E-state index in [1.807, 2.05) is 31.5 Å². The SMILES string of the molecule is Cc1cc(Nc2cc(C(C)C)c(F)c(CC3CCN(Cc4cccc(Cl)c4F)CC3)n2)nn1C(C)(C)C. The van der Waals surface area contributed by atoms with Gasteiger partial charge in [0.15, 0.2) is 5.82 Å². The van der Waals surface area contributed by atoms with Gasteiger partial charge in [-0.1, -0.05) is 37.6 Å². The molecule has 0 spiro atoms. The molecule has 1 aliphatic heterocycles. The molecule has 4 rings (SSSR count). The maximum Gasteiger partial charge on any atom is 0.153 e. The molecule has 37 heavy (non-hydrogen) atoms. The van der Waals surface area contributed by atoms with Crippen molar-refractivity contribution in [1.29, 1.82) is 0 Å². The molecule has 200 valence electrons. The smallest absolute Gasteiger partial charge is 0.153 e. The van der Waals surface area contributed by atoms with E-state index in [0.29, 0.717) is 47.3 Å². The number of likely N-dealkylation sites (tertiary alicyclic amines) is 1. The first-order valence-electron chi connectivity index (χ1n) is 13.1.